The summed E-state index contributed by atoms with van der Waals surface area (Å²) in [5.74, 6) is -0.980. The molecule has 0 saturated carbocycles. The second-order valence-corrected chi connectivity index (χ2v) is 6.73. The van der Waals surface area contributed by atoms with Gasteiger partial charge in [0.25, 0.3) is 5.56 Å². The minimum atomic E-state index is -0.980. The second-order valence-electron chi connectivity index (χ2n) is 6.34. The Morgan fingerprint density at radius 3 is 2.81 bits per heavy atom. The highest BCUT2D eigenvalue weighted by Crippen LogP contribution is 2.31. The number of rotatable bonds is 3. The smallest absolute Gasteiger partial charge is 0.326 e. The molecule has 0 unspecified atom stereocenters. The molecule has 1 atom stereocenters. The maximum absolute atomic E-state index is 12.6. The lowest BCUT2D eigenvalue weighted by Gasteiger charge is -2.14. The van der Waals surface area contributed by atoms with Crippen molar-refractivity contribution in [1.29, 1.82) is 0 Å². The summed E-state index contributed by atoms with van der Waals surface area (Å²) in [5, 5.41) is 17.4. The summed E-state index contributed by atoms with van der Waals surface area (Å²) in [6.07, 6.45) is 2.57. The molecule has 3 heterocycles. The molecule has 0 radical (unpaired) electrons. The van der Waals surface area contributed by atoms with Gasteiger partial charge in [0.2, 0.25) is 0 Å². The predicted octanol–water partition coefficient (Wildman–Crippen LogP) is 2.63. The Labute approximate surface area is 153 Å². The summed E-state index contributed by atoms with van der Waals surface area (Å²) >= 11 is 5.88. The molecular weight excluding hydrogens is 356 g/mol. The van der Waals surface area contributed by atoms with E-state index in [4.69, 9.17) is 11.6 Å². The van der Waals surface area contributed by atoms with E-state index in [1.165, 1.54) is 10.6 Å². The number of fused-ring (bicyclic) bond motifs is 1. The largest absolute Gasteiger partial charge is 0.480 e. The first-order valence-electron chi connectivity index (χ1n) is 8.11. The van der Waals surface area contributed by atoms with Gasteiger partial charge in [-0.1, -0.05) is 28.4 Å². The third kappa shape index (κ3) is 2.70. The van der Waals surface area contributed by atoms with Crippen LogP contribution in [0.5, 0.6) is 0 Å². The number of carboxylic acids is 1. The first-order chi connectivity index (χ1) is 12.4. The number of aryl methyl sites for hydroxylation is 2. The Bertz CT molecular complexity index is 1090. The number of halogens is 1. The molecule has 0 spiro atoms. The minimum absolute atomic E-state index is 0.273. The Morgan fingerprint density at radius 2 is 2.12 bits per heavy atom. The highest BCUT2D eigenvalue weighted by molar-refractivity contribution is 6.29. The molecular formula is C18H15ClN4O3. The number of carboxylic acid groups (broad SMARTS) is 1. The van der Waals surface area contributed by atoms with Crippen LogP contribution in [0.4, 0.5) is 0 Å². The molecule has 0 bridgehead atoms. The van der Waals surface area contributed by atoms with Crippen LogP contribution in [0.15, 0.2) is 41.3 Å². The molecule has 0 amide bonds. The van der Waals surface area contributed by atoms with Crippen LogP contribution in [0.25, 0.3) is 16.8 Å². The van der Waals surface area contributed by atoms with Crippen LogP contribution in [0, 0.1) is 6.92 Å². The lowest BCUT2D eigenvalue weighted by Crippen LogP contribution is -2.27. The Morgan fingerprint density at radius 1 is 1.31 bits per heavy atom. The molecule has 1 N–H and O–H groups in total. The molecule has 3 aromatic rings. The van der Waals surface area contributed by atoms with Crippen molar-refractivity contribution in [2.75, 3.05) is 0 Å². The predicted molar refractivity (Wildman–Crippen MR) is 95.8 cm³/mol. The van der Waals surface area contributed by atoms with Crippen LogP contribution in [-0.4, -0.2) is 30.6 Å². The fraction of sp³-hybridized carbons (Fsp3) is 0.222. The van der Waals surface area contributed by atoms with Gasteiger partial charge < -0.3 is 5.11 Å². The van der Waals surface area contributed by atoms with Crippen molar-refractivity contribution in [3.05, 3.63) is 63.3 Å². The molecule has 2 aromatic heterocycles. The van der Waals surface area contributed by atoms with E-state index in [1.54, 1.807) is 10.9 Å². The molecule has 0 saturated heterocycles. The van der Waals surface area contributed by atoms with Crippen LogP contribution in [0.3, 0.4) is 0 Å². The topological polar surface area (TPSA) is 90.0 Å². The van der Waals surface area contributed by atoms with Crippen molar-refractivity contribution in [3.8, 4) is 16.8 Å². The number of carbonyl (C=O) groups is 1. The lowest BCUT2D eigenvalue weighted by atomic mass is 10.0. The quantitative estimate of drug-likeness (QED) is 0.765. The summed E-state index contributed by atoms with van der Waals surface area (Å²) in [5.41, 5.74) is 3.71. The number of hydrogen-bond acceptors (Lipinski definition) is 4. The van der Waals surface area contributed by atoms with Gasteiger partial charge in [0.1, 0.15) is 6.04 Å². The van der Waals surface area contributed by atoms with Gasteiger partial charge in [-0.05, 0) is 43.5 Å². The van der Waals surface area contributed by atoms with E-state index in [9.17, 15) is 14.7 Å². The lowest BCUT2D eigenvalue weighted by molar-refractivity contribution is -0.140. The summed E-state index contributed by atoms with van der Waals surface area (Å²) < 4.78 is 2.93. The molecule has 132 valence electrons. The normalized spacial score (nSPS) is 15.8. The third-order valence-electron chi connectivity index (χ3n) is 4.59. The average Bonchev–Trinajstić information content (AvgIpc) is 3.21. The van der Waals surface area contributed by atoms with Crippen molar-refractivity contribution in [3.63, 3.8) is 0 Å². The van der Waals surface area contributed by atoms with Gasteiger partial charge in [-0.25, -0.2) is 9.48 Å². The Hall–Kier alpha value is -2.93. The molecule has 8 heteroatoms. The van der Waals surface area contributed by atoms with Gasteiger partial charge in [0, 0.05) is 17.3 Å². The average molecular weight is 371 g/mol. The number of hydrogen-bond donors (Lipinski definition) is 1. The van der Waals surface area contributed by atoms with Crippen molar-refractivity contribution in [2.24, 2.45) is 0 Å². The van der Waals surface area contributed by atoms with E-state index < -0.39 is 12.0 Å². The third-order valence-corrected chi connectivity index (χ3v) is 4.77. The number of aromatic nitrogens is 4. The van der Waals surface area contributed by atoms with E-state index in [0.717, 1.165) is 28.1 Å². The molecule has 1 aromatic carbocycles. The van der Waals surface area contributed by atoms with Crippen LogP contribution in [0.1, 0.15) is 23.7 Å². The molecule has 1 aliphatic rings. The van der Waals surface area contributed by atoms with Crippen LogP contribution in [0.2, 0.25) is 5.15 Å². The summed E-state index contributed by atoms with van der Waals surface area (Å²) in [4.78, 5) is 24.0. The van der Waals surface area contributed by atoms with Crippen molar-refractivity contribution < 1.29 is 9.90 Å². The summed E-state index contributed by atoms with van der Waals surface area (Å²) in [6, 6.07) is 8.34. The number of nitrogens with zero attached hydrogens (tertiary/aromatic N) is 4. The Kier molecular flexibility index (Phi) is 3.88. The fourth-order valence-electron chi connectivity index (χ4n) is 3.43. The number of benzene rings is 1. The molecule has 0 fully saturated rings. The van der Waals surface area contributed by atoms with Gasteiger partial charge in [-0.3, -0.25) is 9.36 Å². The van der Waals surface area contributed by atoms with Crippen molar-refractivity contribution in [2.45, 2.75) is 25.8 Å². The highest BCUT2D eigenvalue weighted by atomic mass is 35.5. The van der Waals surface area contributed by atoms with E-state index in [2.05, 4.69) is 10.3 Å². The summed E-state index contributed by atoms with van der Waals surface area (Å²) in [7, 11) is 0. The maximum Gasteiger partial charge on any atom is 0.326 e. The van der Waals surface area contributed by atoms with E-state index in [0.29, 0.717) is 12.8 Å². The molecule has 4 rings (SSSR count). The first kappa shape index (κ1) is 16.5. The monoisotopic (exact) mass is 370 g/mol. The number of aliphatic carboxylic acids is 1. The fourth-order valence-corrected chi connectivity index (χ4v) is 3.55. The molecule has 26 heavy (non-hydrogen) atoms. The standard InChI is InChI=1S/C18H15ClN4O3/c1-10-2-4-14(22-9-16(19)20-21-22)13(6-10)11-7-12-3-5-15(18(25)26)23(12)17(24)8-11/h2,4,6-9,15H,3,5H2,1H3,(H,25,26)/t15-/m0/s1. The Balaban J connectivity index is 1.90. The van der Waals surface area contributed by atoms with E-state index in [-0.39, 0.29) is 10.7 Å². The first-order valence-corrected chi connectivity index (χ1v) is 8.49. The highest BCUT2D eigenvalue weighted by Gasteiger charge is 2.29. The SMILES string of the molecule is Cc1ccc(-n2cc(Cl)nn2)c(-c2cc3n(c(=O)c2)[C@H](C(=O)O)CC3)c1. The van der Waals surface area contributed by atoms with Gasteiger partial charge >= 0.3 is 5.97 Å². The zero-order valence-corrected chi connectivity index (χ0v) is 14.6. The van der Waals surface area contributed by atoms with Crippen LogP contribution < -0.4 is 5.56 Å². The molecule has 0 aliphatic carbocycles. The van der Waals surface area contributed by atoms with E-state index >= 15 is 0 Å². The number of pyridine rings is 1. The van der Waals surface area contributed by atoms with Gasteiger partial charge in [0.05, 0.1) is 11.9 Å². The van der Waals surface area contributed by atoms with E-state index in [1.807, 2.05) is 31.2 Å². The second kappa shape index (κ2) is 6.10. The van der Waals surface area contributed by atoms with Gasteiger partial charge in [-0.15, -0.1) is 5.10 Å². The molecule has 7 nitrogen and oxygen atoms in total. The minimum Gasteiger partial charge on any atom is -0.480 e. The van der Waals surface area contributed by atoms with Gasteiger partial charge in [-0.2, -0.15) is 0 Å². The maximum atomic E-state index is 12.6. The van der Waals surface area contributed by atoms with Crippen LogP contribution >= 0.6 is 11.6 Å². The van der Waals surface area contributed by atoms with Crippen molar-refractivity contribution in [1.82, 2.24) is 19.6 Å². The summed E-state index contributed by atoms with van der Waals surface area (Å²) in [6.45, 7) is 1.96. The van der Waals surface area contributed by atoms with Crippen LogP contribution in [-0.2, 0) is 11.2 Å². The zero-order valence-electron chi connectivity index (χ0n) is 13.9. The zero-order chi connectivity index (χ0) is 18.4. The van der Waals surface area contributed by atoms with Gasteiger partial charge in [0.15, 0.2) is 5.15 Å². The molecule has 1 aliphatic heterocycles. The van der Waals surface area contributed by atoms with Crippen molar-refractivity contribution >= 4 is 17.6 Å².